The minimum Gasteiger partial charge on any atom is -0.398 e. The predicted octanol–water partition coefficient (Wildman–Crippen LogP) is 0.787. The van der Waals surface area contributed by atoms with Gasteiger partial charge in [-0.15, -0.1) is 0 Å². The molecule has 0 aromatic carbocycles. The summed E-state index contributed by atoms with van der Waals surface area (Å²) in [6, 6.07) is 3.16. The highest BCUT2D eigenvalue weighted by atomic mass is 16.5. The van der Waals surface area contributed by atoms with Gasteiger partial charge in [-0.05, 0) is 24.9 Å². The van der Waals surface area contributed by atoms with Gasteiger partial charge in [0.15, 0.2) is 0 Å². The minimum absolute atomic E-state index is 0.00266. The molecular formula is C14H23N3O2. The first kappa shape index (κ1) is 14.1. The summed E-state index contributed by atoms with van der Waals surface area (Å²) in [5.74, 6) is 0.608. The van der Waals surface area contributed by atoms with Gasteiger partial charge in [-0.3, -0.25) is 9.69 Å². The number of piperidine rings is 1. The molecule has 0 spiro atoms. The van der Waals surface area contributed by atoms with Crippen LogP contribution in [0.5, 0.6) is 0 Å². The lowest BCUT2D eigenvalue weighted by Gasteiger charge is -2.36. The van der Waals surface area contributed by atoms with E-state index in [-0.39, 0.29) is 5.56 Å². The van der Waals surface area contributed by atoms with E-state index in [1.807, 2.05) is 0 Å². The van der Waals surface area contributed by atoms with Crippen LogP contribution in [-0.2, 0) is 11.3 Å². The molecule has 19 heavy (non-hydrogen) atoms. The maximum Gasteiger partial charge on any atom is 0.250 e. The van der Waals surface area contributed by atoms with Gasteiger partial charge in [-0.1, -0.05) is 6.92 Å². The first-order chi connectivity index (χ1) is 9.10. The zero-order valence-electron chi connectivity index (χ0n) is 11.7. The fourth-order valence-electron chi connectivity index (χ4n) is 2.58. The fraction of sp³-hybridized carbons (Fsp3) is 0.643. The molecule has 1 aliphatic rings. The van der Waals surface area contributed by atoms with Crippen molar-refractivity contribution >= 4 is 5.69 Å². The van der Waals surface area contributed by atoms with Crippen molar-refractivity contribution in [1.29, 1.82) is 0 Å². The maximum atomic E-state index is 11.7. The van der Waals surface area contributed by atoms with Crippen LogP contribution < -0.4 is 11.3 Å². The van der Waals surface area contributed by atoms with E-state index in [2.05, 4.69) is 11.8 Å². The number of nitrogens with zero attached hydrogens (tertiary/aromatic N) is 2. The zero-order valence-corrected chi connectivity index (χ0v) is 11.7. The zero-order chi connectivity index (χ0) is 13.8. The smallest absolute Gasteiger partial charge is 0.250 e. The lowest BCUT2D eigenvalue weighted by atomic mass is 9.96. The average Bonchev–Trinajstić information content (AvgIpc) is 2.41. The number of anilines is 1. The molecule has 2 heterocycles. The van der Waals surface area contributed by atoms with E-state index in [9.17, 15) is 4.79 Å². The van der Waals surface area contributed by atoms with Gasteiger partial charge in [0.1, 0.15) is 0 Å². The van der Waals surface area contributed by atoms with Crippen molar-refractivity contribution in [3.63, 3.8) is 0 Å². The molecular weight excluding hydrogens is 242 g/mol. The summed E-state index contributed by atoms with van der Waals surface area (Å²) in [5, 5.41) is 0. The minimum atomic E-state index is 0.00266. The van der Waals surface area contributed by atoms with Crippen LogP contribution in [0.1, 0.15) is 13.3 Å². The highest BCUT2D eigenvalue weighted by Gasteiger charge is 2.25. The van der Waals surface area contributed by atoms with Crippen LogP contribution in [-0.4, -0.2) is 42.3 Å². The molecule has 2 atom stereocenters. The number of nitrogen functional groups attached to an aromatic ring is 1. The SMILES string of the molecule is COC1CN(CCn2cc(N)ccc2=O)CCC1C. The first-order valence-electron chi connectivity index (χ1n) is 6.81. The number of ether oxygens (including phenoxy) is 1. The summed E-state index contributed by atoms with van der Waals surface area (Å²) in [6.07, 6.45) is 3.15. The van der Waals surface area contributed by atoms with Crippen LogP contribution in [0.4, 0.5) is 5.69 Å². The maximum absolute atomic E-state index is 11.7. The van der Waals surface area contributed by atoms with Crippen molar-refractivity contribution in [1.82, 2.24) is 9.47 Å². The summed E-state index contributed by atoms with van der Waals surface area (Å²) >= 11 is 0. The topological polar surface area (TPSA) is 60.5 Å². The number of aromatic nitrogens is 1. The monoisotopic (exact) mass is 265 g/mol. The van der Waals surface area contributed by atoms with Crippen molar-refractivity contribution < 1.29 is 4.74 Å². The van der Waals surface area contributed by atoms with E-state index >= 15 is 0 Å². The van der Waals surface area contributed by atoms with Crippen molar-refractivity contribution in [2.45, 2.75) is 26.0 Å². The van der Waals surface area contributed by atoms with E-state index in [1.165, 1.54) is 6.07 Å². The van der Waals surface area contributed by atoms with Gasteiger partial charge >= 0.3 is 0 Å². The Hall–Kier alpha value is -1.33. The largest absolute Gasteiger partial charge is 0.398 e. The molecule has 0 saturated carbocycles. The van der Waals surface area contributed by atoms with Crippen LogP contribution >= 0.6 is 0 Å². The van der Waals surface area contributed by atoms with Crippen LogP contribution in [0, 0.1) is 5.92 Å². The molecule has 1 fully saturated rings. The second-order valence-electron chi connectivity index (χ2n) is 5.33. The lowest BCUT2D eigenvalue weighted by molar-refractivity contribution is -0.00577. The van der Waals surface area contributed by atoms with Crippen LogP contribution in [0.15, 0.2) is 23.1 Å². The molecule has 1 aromatic rings. The van der Waals surface area contributed by atoms with Gasteiger partial charge in [0.25, 0.3) is 5.56 Å². The highest BCUT2D eigenvalue weighted by molar-refractivity contribution is 5.33. The number of pyridine rings is 1. The molecule has 5 heteroatoms. The van der Waals surface area contributed by atoms with Gasteiger partial charge in [0.05, 0.1) is 6.10 Å². The number of methoxy groups -OCH3 is 1. The van der Waals surface area contributed by atoms with E-state index < -0.39 is 0 Å². The molecule has 0 radical (unpaired) electrons. The summed E-state index contributed by atoms with van der Waals surface area (Å²) in [6.45, 7) is 5.77. The molecule has 1 aromatic heterocycles. The number of likely N-dealkylation sites (tertiary alicyclic amines) is 1. The van der Waals surface area contributed by atoms with Gasteiger partial charge in [0.2, 0.25) is 0 Å². The van der Waals surface area contributed by atoms with Crippen molar-refractivity contribution in [2.24, 2.45) is 5.92 Å². The van der Waals surface area contributed by atoms with Crippen molar-refractivity contribution in [3.05, 3.63) is 28.7 Å². The van der Waals surface area contributed by atoms with Gasteiger partial charge in [0, 0.05) is 44.7 Å². The van der Waals surface area contributed by atoms with Crippen LogP contribution in [0.3, 0.4) is 0 Å². The first-order valence-corrected chi connectivity index (χ1v) is 6.81. The second-order valence-corrected chi connectivity index (χ2v) is 5.33. The third-order valence-electron chi connectivity index (χ3n) is 3.94. The third kappa shape index (κ3) is 3.58. The van der Waals surface area contributed by atoms with Crippen molar-refractivity contribution in [2.75, 3.05) is 32.5 Å². The second kappa shape index (κ2) is 6.21. The summed E-state index contributed by atoms with van der Waals surface area (Å²) in [5.41, 5.74) is 6.33. The van der Waals surface area contributed by atoms with E-state index in [0.717, 1.165) is 26.1 Å². The Morgan fingerprint density at radius 2 is 2.21 bits per heavy atom. The Bertz CT molecular complexity index is 472. The number of hydrogen-bond donors (Lipinski definition) is 1. The average molecular weight is 265 g/mol. The summed E-state index contributed by atoms with van der Waals surface area (Å²) in [4.78, 5) is 14.0. The standard InChI is InChI=1S/C14H23N3O2/c1-11-5-6-16(10-13(11)19-2)7-8-17-9-12(15)3-4-14(17)18/h3-4,9,11,13H,5-8,10,15H2,1-2H3. The fourth-order valence-corrected chi connectivity index (χ4v) is 2.58. The van der Waals surface area contributed by atoms with Gasteiger partial charge in [-0.2, -0.15) is 0 Å². The molecule has 2 N–H and O–H groups in total. The Balaban J connectivity index is 1.92. The van der Waals surface area contributed by atoms with Gasteiger partial charge in [-0.25, -0.2) is 0 Å². The number of rotatable bonds is 4. The summed E-state index contributed by atoms with van der Waals surface area (Å²) < 4.78 is 7.17. The Kier molecular flexibility index (Phi) is 4.61. The third-order valence-corrected chi connectivity index (χ3v) is 3.94. The molecule has 2 rings (SSSR count). The molecule has 0 bridgehead atoms. The normalized spacial score (nSPS) is 24.5. The van der Waals surface area contributed by atoms with Crippen molar-refractivity contribution in [3.8, 4) is 0 Å². The molecule has 5 nitrogen and oxygen atoms in total. The Morgan fingerprint density at radius 1 is 1.42 bits per heavy atom. The van der Waals surface area contributed by atoms with E-state index in [4.69, 9.17) is 10.5 Å². The lowest BCUT2D eigenvalue weighted by Crippen LogP contribution is -2.45. The Morgan fingerprint density at radius 3 is 2.95 bits per heavy atom. The molecule has 2 unspecified atom stereocenters. The molecule has 1 aliphatic heterocycles. The predicted molar refractivity (Wildman–Crippen MR) is 76.1 cm³/mol. The quantitative estimate of drug-likeness (QED) is 0.874. The Labute approximate surface area is 114 Å². The van der Waals surface area contributed by atoms with Crippen LogP contribution in [0.25, 0.3) is 0 Å². The summed E-state index contributed by atoms with van der Waals surface area (Å²) in [7, 11) is 1.77. The molecule has 0 amide bonds. The highest BCUT2D eigenvalue weighted by Crippen LogP contribution is 2.19. The number of nitrogens with two attached hydrogens (primary N) is 1. The van der Waals surface area contributed by atoms with E-state index in [0.29, 0.717) is 24.3 Å². The van der Waals surface area contributed by atoms with Crippen LogP contribution in [0.2, 0.25) is 0 Å². The van der Waals surface area contributed by atoms with Gasteiger partial charge < -0.3 is 15.0 Å². The number of hydrogen-bond acceptors (Lipinski definition) is 4. The molecule has 106 valence electrons. The molecule has 0 aliphatic carbocycles. The van der Waals surface area contributed by atoms with E-state index in [1.54, 1.807) is 23.9 Å². The molecule has 1 saturated heterocycles.